The maximum atomic E-state index is 11.9. The average Bonchev–Trinajstić information content (AvgIpc) is 2.17. The van der Waals surface area contributed by atoms with Crippen LogP contribution in [0.3, 0.4) is 0 Å². The Balaban J connectivity index is 1.78. The van der Waals surface area contributed by atoms with Crippen molar-refractivity contribution in [2.24, 2.45) is 5.92 Å². The fourth-order valence-corrected chi connectivity index (χ4v) is 2.09. The van der Waals surface area contributed by atoms with E-state index in [1.165, 1.54) is 0 Å². The molecule has 4 nitrogen and oxygen atoms in total. The predicted molar refractivity (Wildman–Crippen MR) is 53.0 cm³/mol. The van der Waals surface area contributed by atoms with E-state index in [0.29, 0.717) is 5.91 Å². The molecule has 80 valence electrons. The van der Waals surface area contributed by atoms with E-state index in [1.54, 1.807) is 7.11 Å². The number of ether oxygens (including phenoxy) is 1. The molecule has 2 aliphatic heterocycles. The highest BCUT2D eigenvalue weighted by Gasteiger charge is 2.34. The molecule has 1 unspecified atom stereocenters. The summed E-state index contributed by atoms with van der Waals surface area (Å²) in [5.41, 5.74) is 0. The molecule has 2 rings (SSSR count). The minimum atomic E-state index is 0.210. The monoisotopic (exact) mass is 198 g/mol. The smallest absolute Gasteiger partial charge is 0.227 e. The first-order valence-electron chi connectivity index (χ1n) is 5.33. The maximum Gasteiger partial charge on any atom is 0.227 e. The molecule has 2 aliphatic rings. The van der Waals surface area contributed by atoms with Gasteiger partial charge in [-0.2, -0.15) is 0 Å². The highest BCUT2D eigenvalue weighted by Crippen LogP contribution is 2.18. The summed E-state index contributed by atoms with van der Waals surface area (Å²) < 4.78 is 5.14. The van der Waals surface area contributed by atoms with Gasteiger partial charge in [0.05, 0.1) is 12.0 Å². The van der Waals surface area contributed by atoms with Crippen molar-refractivity contribution >= 4 is 5.91 Å². The molecule has 0 aromatic carbocycles. The largest absolute Gasteiger partial charge is 0.378 e. The van der Waals surface area contributed by atoms with E-state index in [1.807, 2.05) is 4.90 Å². The van der Waals surface area contributed by atoms with Gasteiger partial charge in [0.2, 0.25) is 5.91 Å². The number of carbonyl (C=O) groups excluding carboxylic acids is 1. The van der Waals surface area contributed by atoms with Crippen LogP contribution in [0.15, 0.2) is 0 Å². The Kier molecular flexibility index (Phi) is 3.03. The minimum Gasteiger partial charge on any atom is -0.378 e. The van der Waals surface area contributed by atoms with Gasteiger partial charge < -0.3 is 15.0 Å². The van der Waals surface area contributed by atoms with Crippen molar-refractivity contribution in [2.75, 3.05) is 33.3 Å². The molecule has 2 heterocycles. The summed E-state index contributed by atoms with van der Waals surface area (Å²) in [5, 5.41) is 3.27. The van der Waals surface area contributed by atoms with Gasteiger partial charge in [0.1, 0.15) is 0 Å². The van der Waals surface area contributed by atoms with Crippen LogP contribution < -0.4 is 5.32 Å². The number of amides is 1. The van der Waals surface area contributed by atoms with Gasteiger partial charge in [0, 0.05) is 26.7 Å². The number of hydrogen-bond acceptors (Lipinski definition) is 3. The Labute approximate surface area is 84.6 Å². The summed E-state index contributed by atoms with van der Waals surface area (Å²) in [7, 11) is 1.70. The summed E-state index contributed by atoms with van der Waals surface area (Å²) in [6.45, 7) is 3.48. The fraction of sp³-hybridized carbons (Fsp3) is 0.900. The molecule has 0 aromatic heterocycles. The number of carbonyl (C=O) groups is 1. The maximum absolute atomic E-state index is 11.9. The molecule has 4 heteroatoms. The summed E-state index contributed by atoms with van der Waals surface area (Å²) in [4.78, 5) is 13.8. The molecule has 1 N–H and O–H groups in total. The van der Waals surface area contributed by atoms with Gasteiger partial charge in [-0.15, -0.1) is 0 Å². The third kappa shape index (κ3) is 1.91. The van der Waals surface area contributed by atoms with Crippen molar-refractivity contribution in [3.8, 4) is 0 Å². The van der Waals surface area contributed by atoms with Gasteiger partial charge in [-0.3, -0.25) is 4.79 Å². The number of methoxy groups -OCH3 is 1. The minimum absolute atomic E-state index is 0.210. The summed E-state index contributed by atoms with van der Waals surface area (Å²) in [6, 6.07) is 0. The van der Waals surface area contributed by atoms with Gasteiger partial charge >= 0.3 is 0 Å². The van der Waals surface area contributed by atoms with Gasteiger partial charge in [-0.1, -0.05) is 0 Å². The second-order valence-corrected chi connectivity index (χ2v) is 4.14. The fourth-order valence-electron chi connectivity index (χ4n) is 2.09. The van der Waals surface area contributed by atoms with Crippen LogP contribution in [0, 0.1) is 5.92 Å². The summed E-state index contributed by atoms with van der Waals surface area (Å²) in [5.74, 6) is 0.520. The Morgan fingerprint density at radius 2 is 2.29 bits per heavy atom. The highest BCUT2D eigenvalue weighted by atomic mass is 16.5. The molecule has 14 heavy (non-hydrogen) atoms. The Morgan fingerprint density at radius 3 is 2.86 bits per heavy atom. The van der Waals surface area contributed by atoms with E-state index in [4.69, 9.17) is 4.74 Å². The number of rotatable bonds is 2. The number of hydrogen-bond donors (Lipinski definition) is 1. The van der Waals surface area contributed by atoms with E-state index in [9.17, 15) is 4.79 Å². The van der Waals surface area contributed by atoms with Crippen LogP contribution >= 0.6 is 0 Å². The Morgan fingerprint density at radius 1 is 1.50 bits per heavy atom. The summed E-state index contributed by atoms with van der Waals surface area (Å²) >= 11 is 0. The predicted octanol–water partition coefficient (Wildman–Crippen LogP) is -0.157. The lowest BCUT2D eigenvalue weighted by Crippen LogP contribution is -2.57. The molecule has 0 aromatic rings. The van der Waals surface area contributed by atoms with Crippen molar-refractivity contribution in [1.82, 2.24) is 10.2 Å². The first kappa shape index (κ1) is 9.93. The van der Waals surface area contributed by atoms with Gasteiger partial charge in [0.15, 0.2) is 0 Å². The Hall–Kier alpha value is -0.610. The molecule has 0 aliphatic carbocycles. The lowest BCUT2D eigenvalue weighted by molar-refractivity contribution is -0.147. The lowest BCUT2D eigenvalue weighted by Gasteiger charge is -2.40. The molecule has 1 amide bonds. The van der Waals surface area contributed by atoms with Crippen LogP contribution in [0.2, 0.25) is 0 Å². The summed E-state index contributed by atoms with van der Waals surface area (Å²) in [6.07, 6.45) is 2.44. The highest BCUT2D eigenvalue weighted by molar-refractivity contribution is 5.80. The number of piperidine rings is 1. The molecule has 0 bridgehead atoms. The Bertz CT molecular complexity index is 208. The normalized spacial score (nSPS) is 28.6. The topological polar surface area (TPSA) is 41.6 Å². The molecule has 1 atom stereocenters. The van der Waals surface area contributed by atoms with E-state index in [0.717, 1.165) is 39.0 Å². The standard InChI is InChI=1S/C10H18N2O2/c1-14-9-6-12(7-9)10(13)8-3-2-4-11-5-8/h8-9,11H,2-7H2,1H3. The zero-order chi connectivity index (χ0) is 9.97. The SMILES string of the molecule is COC1CN(C(=O)C2CCCNC2)C1. The molecule has 0 spiro atoms. The van der Waals surface area contributed by atoms with Gasteiger partial charge in [0.25, 0.3) is 0 Å². The van der Waals surface area contributed by atoms with E-state index in [2.05, 4.69) is 5.32 Å². The van der Waals surface area contributed by atoms with Gasteiger partial charge in [-0.25, -0.2) is 0 Å². The molecule has 0 saturated carbocycles. The van der Waals surface area contributed by atoms with Crippen molar-refractivity contribution in [1.29, 1.82) is 0 Å². The van der Waals surface area contributed by atoms with E-state index >= 15 is 0 Å². The van der Waals surface area contributed by atoms with Crippen LogP contribution in [-0.4, -0.2) is 50.2 Å². The average molecular weight is 198 g/mol. The van der Waals surface area contributed by atoms with E-state index < -0.39 is 0 Å². The van der Waals surface area contributed by atoms with Crippen molar-refractivity contribution in [2.45, 2.75) is 18.9 Å². The first-order valence-corrected chi connectivity index (χ1v) is 5.33. The van der Waals surface area contributed by atoms with Crippen LogP contribution in [0.1, 0.15) is 12.8 Å². The van der Waals surface area contributed by atoms with Crippen molar-refractivity contribution < 1.29 is 9.53 Å². The molecule has 2 saturated heterocycles. The van der Waals surface area contributed by atoms with Crippen LogP contribution in [0.5, 0.6) is 0 Å². The second kappa shape index (κ2) is 4.28. The molecule has 0 radical (unpaired) electrons. The van der Waals surface area contributed by atoms with Crippen LogP contribution in [0.25, 0.3) is 0 Å². The molecule has 2 fully saturated rings. The zero-order valence-corrected chi connectivity index (χ0v) is 8.66. The lowest BCUT2D eigenvalue weighted by atomic mass is 9.96. The van der Waals surface area contributed by atoms with Crippen molar-refractivity contribution in [3.63, 3.8) is 0 Å². The third-order valence-corrected chi connectivity index (χ3v) is 3.14. The molecular weight excluding hydrogens is 180 g/mol. The second-order valence-electron chi connectivity index (χ2n) is 4.14. The zero-order valence-electron chi connectivity index (χ0n) is 8.66. The van der Waals surface area contributed by atoms with E-state index in [-0.39, 0.29) is 12.0 Å². The van der Waals surface area contributed by atoms with Crippen LogP contribution in [-0.2, 0) is 9.53 Å². The van der Waals surface area contributed by atoms with Crippen LogP contribution in [0.4, 0.5) is 0 Å². The van der Waals surface area contributed by atoms with Gasteiger partial charge in [-0.05, 0) is 19.4 Å². The number of likely N-dealkylation sites (tertiary alicyclic amines) is 1. The first-order chi connectivity index (χ1) is 6.81. The number of nitrogens with zero attached hydrogens (tertiary/aromatic N) is 1. The quantitative estimate of drug-likeness (QED) is 0.670. The number of nitrogens with one attached hydrogen (secondary N) is 1. The third-order valence-electron chi connectivity index (χ3n) is 3.14. The van der Waals surface area contributed by atoms with Crippen molar-refractivity contribution in [3.05, 3.63) is 0 Å². The molecular formula is C10H18N2O2.